The molecule has 0 atom stereocenters. The molecule has 2 aliphatic rings. The van der Waals surface area contributed by atoms with Gasteiger partial charge in [0.2, 0.25) is 5.91 Å². The van der Waals surface area contributed by atoms with Crippen molar-refractivity contribution in [2.24, 2.45) is 5.92 Å². The highest BCUT2D eigenvalue weighted by Crippen LogP contribution is 2.27. The summed E-state index contributed by atoms with van der Waals surface area (Å²) in [6.07, 6.45) is 3.22. The molecule has 0 radical (unpaired) electrons. The molecule has 2 rings (SSSR count). The Balaban J connectivity index is 1.53. The Hall–Kier alpha value is -0.610. The zero-order valence-electron chi connectivity index (χ0n) is 9.21. The second-order valence-electron chi connectivity index (χ2n) is 4.45. The van der Waals surface area contributed by atoms with Crippen molar-refractivity contribution in [3.8, 4) is 0 Å². The Morgan fingerprint density at radius 1 is 1.33 bits per heavy atom. The van der Waals surface area contributed by atoms with Crippen molar-refractivity contribution >= 4 is 5.91 Å². The Bertz CT molecular complexity index is 211. The number of nitrogens with one attached hydrogen (secondary N) is 1. The predicted molar refractivity (Wildman–Crippen MR) is 57.6 cm³/mol. The summed E-state index contributed by atoms with van der Waals surface area (Å²) in [5, 5.41) is 2.99. The maximum atomic E-state index is 11.4. The van der Waals surface area contributed by atoms with Crippen LogP contribution in [0.5, 0.6) is 0 Å². The summed E-state index contributed by atoms with van der Waals surface area (Å²) < 4.78 is 5.25. The second kappa shape index (κ2) is 5.47. The molecule has 1 aliphatic heterocycles. The lowest BCUT2D eigenvalue weighted by Gasteiger charge is -2.26. The lowest BCUT2D eigenvalue weighted by atomic mass is 10.3. The van der Waals surface area contributed by atoms with Crippen molar-refractivity contribution < 1.29 is 9.53 Å². The van der Waals surface area contributed by atoms with Crippen molar-refractivity contribution in [1.29, 1.82) is 0 Å². The fourth-order valence-corrected chi connectivity index (χ4v) is 1.75. The van der Waals surface area contributed by atoms with Crippen LogP contribution >= 0.6 is 0 Å². The van der Waals surface area contributed by atoms with Gasteiger partial charge < -0.3 is 10.1 Å². The summed E-state index contributed by atoms with van der Waals surface area (Å²) in [5.74, 6) is 0.978. The average molecular weight is 212 g/mol. The number of nitrogens with zero attached hydrogens (tertiary/aromatic N) is 1. The zero-order valence-corrected chi connectivity index (χ0v) is 9.21. The van der Waals surface area contributed by atoms with Crippen molar-refractivity contribution in [2.45, 2.75) is 19.3 Å². The minimum atomic E-state index is 0.202. The second-order valence-corrected chi connectivity index (χ2v) is 4.45. The fraction of sp³-hybridized carbons (Fsp3) is 0.909. The minimum Gasteiger partial charge on any atom is -0.379 e. The van der Waals surface area contributed by atoms with Gasteiger partial charge in [-0.15, -0.1) is 0 Å². The number of carbonyl (C=O) groups is 1. The minimum absolute atomic E-state index is 0.202. The van der Waals surface area contributed by atoms with E-state index < -0.39 is 0 Å². The lowest BCUT2D eigenvalue weighted by Crippen LogP contribution is -2.39. The van der Waals surface area contributed by atoms with Crippen molar-refractivity contribution in [3.05, 3.63) is 0 Å². The van der Waals surface area contributed by atoms with Gasteiger partial charge in [0.25, 0.3) is 0 Å². The highest BCUT2D eigenvalue weighted by molar-refractivity contribution is 5.76. The molecule has 1 N–H and O–H groups in total. The molecule has 0 aromatic rings. The van der Waals surface area contributed by atoms with E-state index in [1.807, 2.05) is 0 Å². The summed E-state index contributed by atoms with van der Waals surface area (Å²) >= 11 is 0. The summed E-state index contributed by atoms with van der Waals surface area (Å²) in [7, 11) is 0. The van der Waals surface area contributed by atoms with E-state index in [1.54, 1.807) is 0 Å². The first-order chi connectivity index (χ1) is 7.34. The summed E-state index contributed by atoms with van der Waals surface area (Å²) in [5.41, 5.74) is 0. The lowest BCUT2D eigenvalue weighted by molar-refractivity contribution is -0.121. The van der Waals surface area contributed by atoms with Crippen LogP contribution in [0.15, 0.2) is 0 Å². The molecule has 4 nitrogen and oxygen atoms in total. The monoisotopic (exact) mass is 212 g/mol. The number of morpholine rings is 1. The molecule has 0 spiro atoms. The number of amides is 1. The number of ether oxygens (including phenoxy) is 1. The normalized spacial score (nSPS) is 22.7. The van der Waals surface area contributed by atoms with Gasteiger partial charge in [-0.2, -0.15) is 0 Å². The van der Waals surface area contributed by atoms with Crippen LogP contribution in [-0.4, -0.2) is 50.2 Å². The summed E-state index contributed by atoms with van der Waals surface area (Å²) in [6, 6.07) is 0. The van der Waals surface area contributed by atoms with Gasteiger partial charge in [0, 0.05) is 32.6 Å². The average Bonchev–Trinajstić information content (AvgIpc) is 3.09. The zero-order chi connectivity index (χ0) is 10.5. The molecule has 4 heteroatoms. The van der Waals surface area contributed by atoms with Gasteiger partial charge in [0.15, 0.2) is 0 Å². The van der Waals surface area contributed by atoms with Gasteiger partial charge in [0.1, 0.15) is 0 Å². The van der Waals surface area contributed by atoms with Crippen LogP contribution in [0.4, 0.5) is 0 Å². The molecule has 1 heterocycles. The fourth-order valence-electron chi connectivity index (χ4n) is 1.75. The number of rotatable bonds is 5. The van der Waals surface area contributed by atoms with Crippen LogP contribution in [0, 0.1) is 5.92 Å². The van der Waals surface area contributed by atoms with Gasteiger partial charge in [-0.05, 0) is 18.8 Å². The van der Waals surface area contributed by atoms with E-state index in [1.165, 1.54) is 12.8 Å². The van der Waals surface area contributed by atoms with Crippen LogP contribution in [0.3, 0.4) is 0 Å². The van der Waals surface area contributed by atoms with Gasteiger partial charge in [0.05, 0.1) is 13.2 Å². The first-order valence-electron chi connectivity index (χ1n) is 5.91. The van der Waals surface area contributed by atoms with Crippen LogP contribution in [-0.2, 0) is 9.53 Å². The number of hydrogen-bond donors (Lipinski definition) is 1. The Morgan fingerprint density at radius 2 is 2.07 bits per heavy atom. The third-order valence-electron chi connectivity index (χ3n) is 3.04. The van der Waals surface area contributed by atoms with Crippen LogP contribution in [0.1, 0.15) is 19.3 Å². The number of carbonyl (C=O) groups excluding carboxylic acids is 1. The molecule has 0 bridgehead atoms. The van der Waals surface area contributed by atoms with E-state index in [9.17, 15) is 4.79 Å². The maximum absolute atomic E-state index is 11.4. The molecular weight excluding hydrogens is 192 g/mol. The summed E-state index contributed by atoms with van der Waals surface area (Å²) in [6.45, 7) is 5.32. The smallest absolute Gasteiger partial charge is 0.221 e. The predicted octanol–water partition coefficient (Wildman–Crippen LogP) is 0.235. The molecule has 15 heavy (non-hydrogen) atoms. The Morgan fingerprint density at radius 3 is 2.73 bits per heavy atom. The first kappa shape index (κ1) is 10.9. The molecule has 1 amide bonds. The van der Waals surface area contributed by atoms with E-state index >= 15 is 0 Å². The largest absolute Gasteiger partial charge is 0.379 e. The van der Waals surface area contributed by atoms with Crippen molar-refractivity contribution in [1.82, 2.24) is 10.2 Å². The molecule has 86 valence electrons. The maximum Gasteiger partial charge on any atom is 0.221 e. The molecule has 0 aromatic heterocycles. The molecule has 0 unspecified atom stereocenters. The van der Waals surface area contributed by atoms with Crippen molar-refractivity contribution in [3.63, 3.8) is 0 Å². The van der Waals surface area contributed by atoms with Gasteiger partial charge in [-0.1, -0.05) is 0 Å². The van der Waals surface area contributed by atoms with E-state index in [-0.39, 0.29) is 5.91 Å². The molecule has 2 fully saturated rings. The van der Waals surface area contributed by atoms with Crippen LogP contribution < -0.4 is 5.32 Å². The van der Waals surface area contributed by atoms with Crippen LogP contribution in [0.25, 0.3) is 0 Å². The third-order valence-corrected chi connectivity index (χ3v) is 3.04. The molecule has 1 saturated carbocycles. The van der Waals surface area contributed by atoms with E-state index in [0.29, 0.717) is 6.42 Å². The topological polar surface area (TPSA) is 41.6 Å². The highest BCUT2D eigenvalue weighted by Gasteiger charge is 2.21. The van der Waals surface area contributed by atoms with E-state index in [4.69, 9.17) is 4.74 Å². The standard InChI is InChI=1S/C11H20N2O2/c14-11(12-9-10-1-2-10)3-4-13-5-7-15-8-6-13/h10H,1-9H2,(H,12,14). The molecule has 1 saturated heterocycles. The van der Waals surface area contributed by atoms with Gasteiger partial charge in [-0.3, -0.25) is 9.69 Å². The highest BCUT2D eigenvalue weighted by atomic mass is 16.5. The molecule has 0 aromatic carbocycles. The van der Waals surface area contributed by atoms with Crippen molar-refractivity contribution in [2.75, 3.05) is 39.4 Å². The third kappa shape index (κ3) is 4.18. The Kier molecular flexibility index (Phi) is 3.97. The molecule has 1 aliphatic carbocycles. The van der Waals surface area contributed by atoms with Crippen LogP contribution in [0.2, 0.25) is 0 Å². The SMILES string of the molecule is O=C(CCN1CCOCC1)NCC1CC1. The summed E-state index contributed by atoms with van der Waals surface area (Å²) in [4.78, 5) is 13.7. The first-order valence-corrected chi connectivity index (χ1v) is 5.91. The van der Waals surface area contributed by atoms with E-state index in [0.717, 1.165) is 45.3 Å². The molecular formula is C11H20N2O2. The Labute approximate surface area is 91.0 Å². The quantitative estimate of drug-likeness (QED) is 0.709. The number of hydrogen-bond acceptors (Lipinski definition) is 3. The van der Waals surface area contributed by atoms with Gasteiger partial charge in [-0.25, -0.2) is 0 Å². The van der Waals surface area contributed by atoms with Gasteiger partial charge >= 0.3 is 0 Å². The van der Waals surface area contributed by atoms with E-state index in [2.05, 4.69) is 10.2 Å².